The number of hydrogen-bond acceptors (Lipinski definition) is 3. The Kier molecular flexibility index (Phi) is 6.67. The van der Waals surface area contributed by atoms with E-state index in [1.165, 1.54) is 5.56 Å². The predicted molar refractivity (Wildman–Crippen MR) is 95.7 cm³/mol. The molecule has 0 bridgehead atoms. The van der Waals surface area contributed by atoms with E-state index >= 15 is 0 Å². The normalized spacial score (nSPS) is 10.3. The molecular formula is C20H25NO3. The highest BCUT2D eigenvalue weighted by atomic mass is 16.5. The first-order valence-electron chi connectivity index (χ1n) is 8.17. The van der Waals surface area contributed by atoms with Crippen molar-refractivity contribution in [2.24, 2.45) is 0 Å². The molecular weight excluding hydrogens is 302 g/mol. The van der Waals surface area contributed by atoms with Crippen molar-refractivity contribution in [3.63, 3.8) is 0 Å². The minimum Gasteiger partial charge on any atom is -0.497 e. The average Bonchev–Trinajstić information content (AvgIpc) is 2.54. The summed E-state index contributed by atoms with van der Waals surface area (Å²) >= 11 is 0. The first-order chi connectivity index (χ1) is 11.6. The maximum absolute atomic E-state index is 11.8. The molecule has 0 aliphatic heterocycles. The molecule has 4 heteroatoms. The zero-order chi connectivity index (χ0) is 17.4. The number of ether oxygens (including phenoxy) is 2. The maximum Gasteiger partial charge on any atom is 0.223 e. The van der Waals surface area contributed by atoms with Gasteiger partial charge in [0.05, 0.1) is 20.1 Å². The second-order valence-corrected chi connectivity index (χ2v) is 5.87. The topological polar surface area (TPSA) is 47.6 Å². The Bertz CT molecular complexity index is 645. The van der Waals surface area contributed by atoms with Gasteiger partial charge in [0.25, 0.3) is 0 Å². The number of rotatable bonds is 8. The van der Waals surface area contributed by atoms with Gasteiger partial charge in [0.15, 0.2) is 0 Å². The van der Waals surface area contributed by atoms with Gasteiger partial charge in [0, 0.05) is 6.54 Å². The number of nitrogens with one attached hydrogen (secondary N) is 1. The van der Waals surface area contributed by atoms with Gasteiger partial charge >= 0.3 is 0 Å². The fourth-order valence-corrected chi connectivity index (χ4v) is 2.50. The molecule has 128 valence electrons. The first-order valence-corrected chi connectivity index (χ1v) is 8.17. The Balaban J connectivity index is 1.65. The molecule has 24 heavy (non-hydrogen) atoms. The second-order valence-electron chi connectivity index (χ2n) is 5.87. The van der Waals surface area contributed by atoms with Crippen LogP contribution >= 0.6 is 0 Å². The molecule has 0 heterocycles. The van der Waals surface area contributed by atoms with E-state index in [1.54, 1.807) is 7.11 Å². The molecule has 0 radical (unpaired) electrons. The van der Waals surface area contributed by atoms with E-state index in [1.807, 2.05) is 50.2 Å². The lowest BCUT2D eigenvalue weighted by molar-refractivity contribution is -0.121. The third-order valence-electron chi connectivity index (χ3n) is 3.69. The van der Waals surface area contributed by atoms with Gasteiger partial charge in [-0.1, -0.05) is 18.2 Å². The SMILES string of the molecule is COc1ccc(CCNC(=O)CCOc2cc(C)cc(C)c2)cc1. The summed E-state index contributed by atoms with van der Waals surface area (Å²) in [5.74, 6) is 1.66. The Morgan fingerprint density at radius 2 is 1.67 bits per heavy atom. The van der Waals surface area contributed by atoms with Crippen LogP contribution in [-0.2, 0) is 11.2 Å². The summed E-state index contributed by atoms with van der Waals surface area (Å²) in [5.41, 5.74) is 3.49. The van der Waals surface area contributed by atoms with Crippen LogP contribution in [-0.4, -0.2) is 26.2 Å². The lowest BCUT2D eigenvalue weighted by Gasteiger charge is -2.09. The van der Waals surface area contributed by atoms with Crippen LogP contribution in [0.4, 0.5) is 0 Å². The van der Waals surface area contributed by atoms with E-state index in [-0.39, 0.29) is 5.91 Å². The van der Waals surface area contributed by atoms with Gasteiger partial charge in [0.2, 0.25) is 5.91 Å². The number of hydrogen-bond donors (Lipinski definition) is 1. The highest BCUT2D eigenvalue weighted by molar-refractivity contribution is 5.76. The Morgan fingerprint density at radius 3 is 2.29 bits per heavy atom. The van der Waals surface area contributed by atoms with E-state index in [4.69, 9.17) is 9.47 Å². The zero-order valence-corrected chi connectivity index (χ0v) is 14.6. The molecule has 2 rings (SSSR count). The number of carbonyl (C=O) groups is 1. The lowest BCUT2D eigenvalue weighted by Crippen LogP contribution is -2.27. The molecule has 0 unspecified atom stereocenters. The summed E-state index contributed by atoms with van der Waals surface area (Å²) < 4.78 is 10.8. The van der Waals surface area contributed by atoms with Gasteiger partial charge in [-0.05, 0) is 61.2 Å². The van der Waals surface area contributed by atoms with Crippen LogP contribution < -0.4 is 14.8 Å². The molecule has 1 N–H and O–H groups in total. The predicted octanol–water partition coefficient (Wildman–Crippen LogP) is 3.44. The number of benzene rings is 2. The fraction of sp³-hybridized carbons (Fsp3) is 0.350. The maximum atomic E-state index is 11.8. The summed E-state index contributed by atoms with van der Waals surface area (Å²) in [6.07, 6.45) is 1.16. The molecule has 0 atom stereocenters. The summed E-state index contributed by atoms with van der Waals surface area (Å²) in [5, 5.41) is 2.92. The monoisotopic (exact) mass is 327 g/mol. The summed E-state index contributed by atoms with van der Waals surface area (Å²) in [6.45, 7) is 5.07. The third-order valence-corrected chi connectivity index (χ3v) is 3.69. The van der Waals surface area contributed by atoms with Crippen molar-refractivity contribution in [3.05, 3.63) is 59.2 Å². The number of amides is 1. The molecule has 1 amide bonds. The number of carbonyl (C=O) groups excluding carboxylic acids is 1. The zero-order valence-electron chi connectivity index (χ0n) is 14.6. The summed E-state index contributed by atoms with van der Waals surface area (Å²) in [4.78, 5) is 11.8. The van der Waals surface area contributed by atoms with E-state index in [2.05, 4.69) is 11.4 Å². The molecule has 0 spiro atoms. The smallest absolute Gasteiger partial charge is 0.223 e. The van der Waals surface area contributed by atoms with Crippen molar-refractivity contribution in [2.75, 3.05) is 20.3 Å². The van der Waals surface area contributed by atoms with Crippen molar-refractivity contribution in [2.45, 2.75) is 26.7 Å². The van der Waals surface area contributed by atoms with Crippen LogP contribution in [0.15, 0.2) is 42.5 Å². The molecule has 0 fully saturated rings. The van der Waals surface area contributed by atoms with Crippen LogP contribution in [0.3, 0.4) is 0 Å². The minimum absolute atomic E-state index is 0.00730. The molecule has 0 aliphatic rings. The van der Waals surface area contributed by atoms with Crippen LogP contribution in [0, 0.1) is 13.8 Å². The largest absolute Gasteiger partial charge is 0.497 e. The minimum atomic E-state index is 0.00730. The first kappa shape index (κ1) is 17.9. The fourth-order valence-electron chi connectivity index (χ4n) is 2.50. The number of methoxy groups -OCH3 is 1. The van der Waals surface area contributed by atoms with Gasteiger partial charge in [-0.3, -0.25) is 4.79 Å². The Labute approximate surface area is 143 Å². The molecule has 2 aromatic carbocycles. The van der Waals surface area contributed by atoms with Crippen LogP contribution in [0.5, 0.6) is 11.5 Å². The molecule has 0 aliphatic carbocycles. The highest BCUT2D eigenvalue weighted by Gasteiger charge is 2.03. The van der Waals surface area contributed by atoms with E-state index < -0.39 is 0 Å². The van der Waals surface area contributed by atoms with Crippen molar-refractivity contribution in [3.8, 4) is 11.5 Å². The van der Waals surface area contributed by atoms with Crippen LogP contribution in [0.2, 0.25) is 0 Å². The van der Waals surface area contributed by atoms with Crippen molar-refractivity contribution >= 4 is 5.91 Å². The molecule has 0 aromatic heterocycles. The summed E-state index contributed by atoms with van der Waals surface area (Å²) in [7, 11) is 1.65. The van der Waals surface area contributed by atoms with E-state index in [0.717, 1.165) is 29.0 Å². The standard InChI is InChI=1S/C20H25NO3/c1-15-12-16(2)14-19(13-15)24-11-9-20(22)21-10-8-17-4-6-18(23-3)7-5-17/h4-7,12-14H,8-11H2,1-3H3,(H,21,22). The van der Waals surface area contributed by atoms with Crippen LogP contribution in [0.25, 0.3) is 0 Å². The molecule has 0 saturated carbocycles. The van der Waals surface area contributed by atoms with Crippen LogP contribution in [0.1, 0.15) is 23.1 Å². The average molecular weight is 327 g/mol. The Morgan fingerprint density at radius 1 is 1.00 bits per heavy atom. The molecule has 0 saturated heterocycles. The van der Waals surface area contributed by atoms with Gasteiger partial charge < -0.3 is 14.8 Å². The van der Waals surface area contributed by atoms with E-state index in [0.29, 0.717) is 19.6 Å². The van der Waals surface area contributed by atoms with Crippen molar-refractivity contribution in [1.29, 1.82) is 0 Å². The van der Waals surface area contributed by atoms with Gasteiger partial charge in [0.1, 0.15) is 11.5 Å². The Hall–Kier alpha value is -2.49. The molecule has 2 aromatic rings. The third kappa shape index (κ3) is 5.95. The molecule has 4 nitrogen and oxygen atoms in total. The quantitative estimate of drug-likeness (QED) is 0.808. The second kappa shape index (κ2) is 8.96. The lowest BCUT2D eigenvalue weighted by atomic mass is 10.1. The van der Waals surface area contributed by atoms with E-state index in [9.17, 15) is 4.79 Å². The highest BCUT2D eigenvalue weighted by Crippen LogP contribution is 2.16. The van der Waals surface area contributed by atoms with Gasteiger partial charge in [-0.25, -0.2) is 0 Å². The van der Waals surface area contributed by atoms with Crippen molar-refractivity contribution in [1.82, 2.24) is 5.32 Å². The summed E-state index contributed by atoms with van der Waals surface area (Å²) in [6, 6.07) is 13.9. The number of aryl methyl sites for hydroxylation is 2. The van der Waals surface area contributed by atoms with Gasteiger partial charge in [-0.15, -0.1) is 0 Å². The van der Waals surface area contributed by atoms with Crippen molar-refractivity contribution < 1.29 is 14.3 Å². The van der Waals surface area contributed by atoms with Gasteiger partial charge in [-0.2, -0.15) is 0 Å².